The molecule has 0 saturated carbocycles. The molecule has 0 aliphatic carbocycles. The standard InChI is InChI=1S/C25H35N3O3S/c1-19(20-8-12-22(13-9-20)27-16-6-7-17-27)26-24(29)18-28(32(5,30)31)23-14-10-21(11-15-23)25(2,3)4/h8-15,19H,6-7,16-18H2,1-5H3,(H,26,29). The first-order valence-corrected chi connectivity index (χ1v) is 13.0. The van der Waals surface area contributed by atoms with Gasteiger partial charge in [0.1, 0.15) is 6.54 Å². The largest absolute Gasteiger partial charge is 0.372 e. The minimum atomic E-state index is -3.61. The fourth-order valence-corrected chi connectivity index (χ4v) is 4.83. The van der Waals surface area contributed by atoms with Crippen LogP contribution in [0.1, 0.15) is 57.7 Å². The summed E-state index contributed by atoms with van der Waals surface area (Å²) in [5, 5.41) is 2.93. The number of anilines is 2. The highest BCUT2D eigenvalue weighted by Crippen LogP contribution is 2.26. The number of sulfonamides is 1. The van der Waals surface area contributed by atoms with Crippen LogP contribution >= 0.6 is 0 Å². The molecule has 7 heteroatoms. The molecule has 1 aliphatic heterocycles. The first kappa shape index (κ1) is 24.1. The summed E-state index contributed by atoms with van der Waals surface area (Å²) < 4.78 is 26.0. The Kier molecular flexibility index (Phi) is 7.18. The normalized spacial score (nSPS) is 15.5. The molecule has 3 rings (SSSR count). The smallest absolute Gasteiger partial charge is 0.241 e. The van der Waals surface area contributed by atoms with E-state index in [1.807, 2.05) is 31.2 Å². The summed E-state index contributed by atoms with van der Waals surface area (Å²) in [6, 6.07) is 15.3. The lowest BCUT2D eigenvalue weighted by molar-refractivity contribution is -0.120. The third kappa shape index (κ3) is 6.03. The number of nitrogens with one attached hydrogen (secondary N) is 1. The summed E-state index contributed by atoms with van der Waals surface area (Å²) in [6.45, 7) is 10.1. The van der Waals surface area contributed by atoms with Crippen molar-refractivity contribution in [3.63, 3.8) is 0 Å². The Hall–Kier alpha value is -2.54. The molecule has 1 atom stereocenters. The van der Waals surface area contributed by atoms with E-state index in [1.165, 1.54) is 18.5 Å². The second-order valence-electron chi connectivity index (χ2n) is 9.64. The lowest BCUT2D eigenvalue weighted by Crippen LogP contribution is -2.41. The van der Waals surface area contributed by atoms with Crippen molar-refractivity contribution in [1.82, 2.24) is 5.32 Å². The van der Waals surface area contributed by atoms with Gasteiger partial charge in [0, 0.05) is 18.8 Å². The molecule has 0 aromatic heterocycles. The maximum absolute atomic E-state index is 12.7. The van der Waals surface area contributed by atoms with E-state index in [0.29, 0.717) is 5.69 Å². The molecule has 0 radical (unpaired) electrons. The van der Waals surface area contributed by atoms with Crippen LogP contribution in [0, 0.1) is 0 Å². The Morgan fingerprint density at radius 3 is 2.09 bits per heavy atom. The van der Waals surface area contributed by atoms with Crippen molar-refractivity contribution in [1.29, 1.82) is 0 Å². The zero-order chi connectivity index (χ0) is 23.5. The van der Waals surface area contributed by atoms with Gasteiger partial charge < -0.3 is 10.2 Å². The highest BCUT2D eigenvalue weighted by atomic mass is 32.2. The first-order chi connectivity index (χ1) is 14.9. The van der Waals surface area contributed by atoms with Crippen molar-refractivity contribution in [3.8, 4) is 0 Å². The summed E-state index contributed by atoms with van der Waals surface area (Å²) in [4.78, 5) is 15.1. The lowest BCUT2D eigenvalue weighted by atomic mass is 9.87. The zero-order valence-electron chi connectivity index (χ0n) is 19.8. The number of benzene rings is 2. The Balaban J connectivity index is 1.67. The average Bonchev–Trinajstić information content (AvgIpc) is 3.26. The second kappa shape index (κ2) is 9.53. The second-order valence-corrected chi connectivity index (χ2v) is 11.5. The topological polar surface area (TPSA) is 69.7 Å². The Bertz CT molecular complexity index is 1020. The molecule has 1 saturated heterocycles. The maximum Gasteiger partial charge on any atom is 0.241 e. The predicted molar refractivity (Wildman–Crippen MR) is 132 cm³/mol. The monoisotopic (exact) mass is 457 g/mol. The third-order valence-electron chi connectivity index (χ3n) is 5.95. The molecular weight excluding hydrogens is 422 g/mol. The van der Waals surface area contributed by atoms with Crippen LogP contribution in [0.5, 0.6) is 0 Å². The van der Waals surface area contributed by atoms with Gasteiger partial charge in [0.2, 0.25) is 15.9 Å². The lowest BCUT2D eigenvalue weighted by Gasteiger charge is -2.25. The Labute approximate surface area is 192 Å². The van der Waals surface area contributed by atoms with Gasteiger partial charge in [-0.2, -0.15) is 0 Å². The maximum atomic E-state index is 12.7. The fourth-order valence-electron chi connectivity index (χ4n) is 3.98. The first-order valence-electron chi connectivity index (χ1n) is 11.2. The molecule has 1 N–H and O–H groups in total. The summed E-state index contributed by atoms with van der Waals surface area (Å²) in [5.74, 6) is -0.341. The van der Waals surface area contributed by atoms with Gasteiger partial charge in [0.15, 0.2) is 0 Å². The highest BCUT2D eigenvalue weighted by Gasteiger charge is 2.23. The van der Waals surface area contributed by atoms with E-state index >= 15 is 0 Å². The molecular formula is C25H35N3O3S. The van der Waals surface area contributed by atoms with Gasteiger partial charge in [0.05, 0.1) is 18.0 Å². The number of hydrogen-bond donors (Lipinski definition) is 1. The Morgan fingerprint density at radius 2 is 1.59 bits per heavy atom. The van der Waals surface area contributed by atoms with Gasteiger partial charge >= 0.3 is 0 Å². The number of carbonyl (C=O) groups is 1. The van der Waals surface area contributed by atoms with Gasteiger partial charge in [-0.1, -0.05) is 45.0 Å². The van der Waals surface area contributed by atoms with Crippen molar-refractivity contribution < 1.29 is 13.2 Å². The summed E-state index contributed by atoms with van der Waals surface area (Å²) in [7, 11) is -3.61. The molecule has 0 bridgehead atoms. The number of amides is 1. The van der Waals surface area contributed by atoms with Crippen LogP contribution in [-0.2, 0) is 20.2 Å². The van der Waals surface area contributed by atoms with Crippen molar-refractivity contribution in [2.75, 3.05) is 35.1 Å². The number of hydrogen-bond acceptors (Lipinski definition) is 4. The van der Waals surface area contributed by atoms with E-state index in [2.05, 4.69) is 43.1 Å². The van der Waals surface area contributed by atoms with Gasteiger partial charge in [-0.25, -0.2) is 8.42 Å². The number of nitrogens with zero attached hydrogens (tertiary/aromatic N) is 2. The van der Waals surface area contributed by atoms with Crippen molar-refractivity contribution in [3.05, 3.63) is 59.7 Å². The van der Waals surface area contributed by atoms with Gasteiger partial charge in [-0.15, -0.1) is 0 Å². The van der Waals surface area contributed by atoms with E-state index < -0.39 is 10.0 Å². The molecule has 1 fully saturated rings. The fraction of sp³-hybridized carbons (Fsp3) is 0.480. The van der Waals surface area contributed by atoms with Crippen molar-refractivity contribution >= 4 is 27.3 Å². The van der Waals surface area contributed by atoms with Crippen LogP contribution in [0.15, 0.2) is 48.5 Å². The van der Waals surface area contributed by atoms with Gasteiger partial charge in [-0.3, -0.25) is 9.10 Å². The zero-order valence-corrected chi connectivity index (χ0v) is 20.6. The minimum Gasteiger partial charge on any atom is -0.372 e. The molecule has 0 spiro atoms. The SMILES string of the molecule is CC(NC(=O)CN(c1ccc(C(C)(C)C)cc1)S(C)(=O)=O)c1ccc(N2CCCC2)cc1. The number of rotatable bonds is 7. The van der Waals surface area contributed by atoms with Crippen LogP contribution in [0.3, 0.4) is 0 Å². The van der Waals surface area contributed by atoms with Crippen molar-refractivity contribution in [2.24, 2.45) is 0 Å². The molecule has 32 heavy (non-hydrogen) atoms. The van der Waals surface area contributed by atoms with Gasteiger partial charge in [-0.05, 0) is 60.6 Å². The van der Waals surface area contributed by atoms with E-state index in [4.69, 9.17) is 0 Å². The summed E-state index contributed by atoms with van der Waals surface area (Å²) in [6.07, 6.45) is 3.58. The molecule has 6 nitrogen and oxygen atoms in total. The van der Waals surface area contributed by atoms with Crippen LogP contribution in [-0.4, -0.2) is 40.2 Å². The molecule has 2 aromatic carbocycles. The van der Waals surface area contributed by atoms with Crippen LogP contribution in [0.2, 0.25) is 0 Å². The van der Waals surface area contributed by atoms with E-state index in [-0.39, 0.29) is 23.9 Å². The molecule has 174 valence electrons. The molecule has 1 aliphatic rings. The highest BCUT2D eigenvalue weighted by molar-refractivity contribution is 7.92. The van der Waals surface area contributed by atoms with Crippen LogP contribution in [0.25, 0.3) is 0 Å². The molecule has 1 amide bonds. The minimum absolute atomic E-state index is 0.0361. The van der Waals surface area contributed by atoms with Crippen molar-refractivity contribution in [2.45, 2.75) is 52.0 Å². The van der Waals surface area contributed by atoms with Crippen LogP contribution in [0.4, 0.5) is 11.4 Å². The molecule has 1 heterocycles. The number of carbonyl (C=O) groups excluding carboxylic acids is 1. The summed E-state index contributed by atoms with van der Waals surface area (Å²) in [5.41, 5.74) is 3.74. The predicted octanol–water partition coefficient (Wildman–Crippen LogP) is 4.23. The van der Waals surface area contributed by atoms with E-state index in [0.717, 1.165) is 34.8 Å². The van der Waals surface area contributed by atoms with E-state index in [1.54, 1.807) is 12.1 Å². The van der Waals surface area contributed by atoms with Gasteiger partial charge in [0.25, 0.3) is 0 Å². The third-order valence-corrected chi connectivity index (χ3v) is 7.09. The van der Waals surface area contributed by atoms with Crippen LogP contribution < -0.4 is 14.5 Å². The molecule has 1 unspecified atom stereocenters. The quantitative estimate of drug-likeness (QED) is 0.676. The molecule has 2 aromatic rings. The Morgan fingerprint density at radius 1 is 1.03 bits per heavy atom. The van der Waals surface area contributed by atoms with E-state index in [9.17, 15) is 13.2 Å². The summed E-state index contributed by atoms with van der Waals surface area (Å²) >= 11 is 0. The average molecular weight is 458 g/mol.